The Morgan fingerprint density at radius 3 is 2.71 bits per heavy atom. The van der Waals surface area contributed by atoms with Crippen LogP contribution in [0.15, 0.2) is 18.2 Å². The molecule has 0 unspecified atom stereocenters. The number of benzene rings is 1. The summed E-state index contributed by atoms with van der Waals surface area (Å²) in [5.41, 5.74) is 0.575. The molecular formula is C12H13FN2O2. The quantitative estimate of drug-likeness (QED) is 0.868. The maximum absolute atomic E-state index is 13.0. The fourth-order valence-electron chi connectivity index (χ4n) is 1.54. The SMILES string of the molecule is CC(C)N(CC(=O)O)c1ccc(F)cc1C#N. The molecule has 0 bridgehead atoms. The lowest BCUT2D eigenvalue weighted by Gasteiger charge is -2.27. The average Bonchev–Trinajstić information content (AvgIpc) is 2.25. The largest absolute Gasteiger partial charge is 0.480 e. The number of carbonyl (C=O) groups is 1. The molecule has 4 nitrogen and oxygen atoms in total. The van der Waals surface area contributed by atoms with Gasteiger partial charge in [0.15, 0.2) is 0 Å². The van der Waals surface area contributed by atoms with Crippen molar-refractivity contribution in [3.63, 3.8) is 0 Å². The lowest BCUT2D eigenvalue weighted by molar-refractivity contribution is -0.135. The van der Waals surface area contributed by atoms with Gasteiger partial charge < -0.3 is 10.0 Å². The van der Waals surface area contributed by atoms with Crippen molar-refractivity contribution in [2.45, 2.75) is 19.9 Å². The monoisotopic (exact) mass is 236 g/mol. The van der Waals surface area contributed by atoms with E-state index in [9.17, 15) is 9.18 Å². The first-order valence-electron chi connectivity index (χ1n) is 5.13. The molecule has 5 heteroatoms. The zero-order chi connectivity index (χ0) is 13.0. The summed E-state index contributed by atoms with van der Waals surface area (Å²) < 4.78 is 13.0. The number of nitrogens with zero attached hydrogens (tertiary/aromatic N) is 2. The number of aliphatic carboxylic acids is 1. The van der Waals surface area contributed by atoms with Crippen LogP contribution in [0.25, 0.3) is 0 Å². The molecule has 1 N–H and O–H groups in total. The second-order valence-corrected chi connectivity index (χ2v) is 3.89. The number of carboxylic acid groups (broad SMARTS) is 1. The standard InChI is InChI=1S/C12H13FN2O2/c1-8(2)15(7-12(16)17)11-4-3-10(13)5-9(11)6-14/h3-5,8H,7H2,1-2H3,(H,16,17). The van der Waals surface area contributed by atoms with E-state index in [-0.39, 0.29) is 18.2 Å². The minimum atomic E-state index is -0.994. The van der Waals surface area contributed by atoms with Crippen molar-refractivity contribution in [3.8, 4) is 6.07 Å². The van der Waals surface area contributed by atoms with Crippen LogP contribution in [0.2, 0.25) is 0 Å². The summed E-state index contributed by atoms with van der Waals surface area (Å²) in [6.07, 6.45) is 0. The fraction of sp³-hybridized carbons (Fsp3) is 0.333. The van der Waals surface area contributed by atoms with Crippen molar-refractivity contribution in [2.24, 2.45) is 0 Å². The molecule has 1 aromatic carbocycles. The summed E-state index contributed by atoms with van der Waals surface area (Å²) in [5, 5.41) is 17.7. The van der Waals surface area contributed by atoms with E-state index >= 15 is 0 Å². The van der Waals surface area contributed by atoms with Crippen LogP contribution in [-0.4, -0.2) is 23.7 Å². The zero-order valence-electron chi connectivity index (χ0n) is 9.64. The van der Waals surface area contributed by atoms with Gasteiger partial charge in [0.1, 0.15) is 18.4 Å². The smallest absolute Gasteiger partial charge is 0.323 e. The highest BCUT2D eigenvalue weighted by Gasteiger charge is 2.17. The first-order valence-corrected chi connectivity index (χ1v) is 5.13. The second-order valence-electron chi connectivity index (χ2n) is 3.89. The lowest BCUT2D eigenvalue weighted by Crippen LogP contribution is -2.36. The van der Waals surface area contributed by atoms with E-state index in [1.165, 1.54) is 12.1 Å². The van der Waals surface area contributed by atoms with Crippen LogP contribution < -0.4 is 4.90 Å². The van der Waals surface area contributed by atoms with E-state index in [0.717, 1.165) is 6.07 Å². The number of rotatable bonds is 4. The fourth-order valence-corrected chi connectivity index (χ4v) is 1.54. The van der Waals surface area contributed by atoms with Crippen LogP contribution in [0.1, 0.15) is 19.4 Å². The molecule has 0 atom stereocenters. The third kappa shape index (κ3) is 3.18. The Hall–Kier alpha value is -2.09. The molecule has 1 aromatic rings. The molecule has 17 heavy (non-hydrogen) atoms. The highest BCUT2D eigenvalue weighted by molar-refractivity contribution is 5.75. The van der Waals surface area contributed by atoms with Gasteiger partial charge in [-0.25, -0.2) is 4.39 Å². The van der Waals surface area contributed by atoms with Crippen LogP contribution in [0.3, 0.4) is 0 Å². The molecule has 0 spiro atoms. The number of nitriles is 1. The Kier molecular flexibility index (Phi) is 4.05. The number of anilines is 1. The first kappa shape index (κ1) is 13.0. The van der Waals surface area contributed by atoms with E-state index < -0.39 is 11.8 Å². The number of hydrogen-bond donors (Lipinski definition) is 1. The Balaban J connectivity index is 3.19. The van der Waals surface area contributed by atoms with E-state index in [1.54, 1.807) is 4.90 Å². The van der Waals surface area contributed by atoms with E-state index in [1.807, 2.05) is 19.9 Å². The molecule has 1 rings (SSSR count). The van der Waals surface area contributed by atoms with Gasteiger partial charge in [0.2, 0.25) is 0 Å². The normalized spacial score (nSPS) is 10.1. The van der Waals surface area contributed by atoms with Gasteiger partial charge in [-0.1, -0.05) is 0 Å². The van der Waals surface area contributed by atoms with E-state index in [2.05, 4.69) is 0 Å². The molecule has 0 saturated heterocycles. The predicted octanol–water partition coefficient (Wildman–Crippen LogP) is 2.00. The topological polar surface area (TPSA) is 64.3 Å². The predicted molar refractivity (Wildman–Crippen MR) is 61.2 cm³/mol. The number of hydrogen-bond acceptors (Lipinski definition) is 3. The Morgan fingerprint density at radius 1 is 1.59 bits per heavy atom. The first-order chi connectivity index (χ1) is 7.95. The van der Waals surface area contributed by atoms with Crippen LogP contribution in [0, 0.1) is 17.1 Å². The number of halogens is 1. The lowest BCUT2D eigenvalue weighted by atomic mass is 10.1. The van der Waals surface area contributed by atoms with Crippen molar-refractivity contribution in [3.05, 3.63) is 29.6 Å². The summed E-state index contributed by atoms with van der Waals surface area (Å²) in [4.78, 5) is 12.3. The molecule has 0 aliphatic carbocycles. The molecule has 0 saturated carbocycles. The van der Waals surface area contributed by atoms with Crippen LogP contribution in [-0.2, 0) is 4.79 Å². The zero-order valence-corrected chi connectivity index (χ0v) is 9.64. The summed E-state index contributed by atoms with van der Waals surface area (Å²) >= 11 is 0. The molecule has 0 amide bonds. The maximum atomic E-state index is 13.0. The van der Waals surface area contributed by atoms with Crippen LogP contribution in [0.5, 0.6) is 0 Å². The minimum Gasteiger partial charge on any atom is -0.480 e. The van der Waals surface area contributed by atoms with Crippen LogP contribution in [0.4, 0.5) is 10.1 Å². The Bertz CT molecular complexity index is 466. The van der Waals surface area contributed by atoms with Gasteiger partial charge in [0, 0.05) is 6.04 Å². The van der Waals surface area contributed by atoms with Crippen molar-refractivity contribution in [1.82, 2.24) is 0 Å². The van der Waals surface area contributed by atoms with Crippen LogP contribution >= 0.6 is 0 Å². The Morgan fingerprint density at radius 2 is 2.24 bits per heavy atom. The summed E-state index contributed by atoms with van der Waals surface area (Å²) in [7, 11) is 0. The second kappa shape index (κ2) is 5.30. The van der Waals surface area contributed by atoms with Gasteiger partial charge in [-0.3, -0.25) is 4.79 Å². The van der Waals surface area contributed by atoms with Gasteiger partial charge in [-0.15, -0.1) is 0 Å². The molecular weight excluding hydrogens is 223 g/mol. The van der Waals surface area contributed by atoms with E-state index in [0.29, 0.717) is 5.69 Å². The third-order valence-electron chi connectivity index (χ3n) is 2.32. The van der Waals surface area contributed by atoms with Crippen molar-refractivity contribution in [1.29, 1.82) is 5.26 Å². The summed E-state index contributed by atoms with van der Waals surface area (Å²) in [5.74, 6) is -1.50. The van der Waals surface area contributed by atoms with Gasteiger partial charge in [-0.2, -0.15) is 5.26 Å². The number of carboxylic acids is 1. The van der Waals surface area contributed by atoms with Crippen molar-refractivity contribution >= 4 is 11.7 Å². The van der Waals surface area contributed by atoms with Gasteiger partial charge in [0.25, 0.3) is 0 Å². The molecule has 0 aromatic heterocycles. The molecule has 0 heterocycles. The highest BCUT2D eigenvalue weighted by Crippen LogP contribution is 2.22. The molecule has 90 valence electrons. The average molecular weight is 236 g/mol. The molecule has 0 radical (unpaired) electrons. The van der Waals surface area contributed by atoms with Crippen molar-refractivity contribution in [2.75, 3.05) is 11.4 Å². The molecule has 0 aliphatic heterocycles. The maximum Gasteiger partial charge on any atom is 0.323 e. The van der Waals surface area contributed by atoms with Gasteiger partial charge >= 0.3 is 5.97 Å². The third-order valence-corrected chi connectivity index (χ3v) is 2.32. The Labute approximate surface area is 98.9 Å². The summed E-state index contributed by atoms with van der Waals surface area (Å²) in [6.45, 7) is 3.40. The van der Waals surface area contributed by atoms with Crippen molar-refractivity contribution < 1.29 is 14.3 Å². The summed E-state index contributed by atoms with van der Waals surface area (Å²) in [6, 6.07) is 5.52. The van der Waals surface area contributed by atoms with Gasteiger partial charge in [0.05, 0.1) is 11.3 Å². The minimum absolute atomic E-state index is 0.0938. The van der Waals surface area contributed by atoms with Gasteiger partial charge in [-0.05, 0) is 32.0 Å². The molecule has 0 aliphatic rings. The van der Waals surface area contributed by atoms with E-state index in [4.69, 9.17) is 10.4 Å². The molecule has 0 fully saturated rings. The highest BCUT2D eigenvalue weighted by atomic mass is 19.1.